The van der Waals surface area contributed by atoms with Crippen LogP contribution in [0.1, 0.15) is 47.2 Å². The van der Waals surface area contributed by atoms with Gasteiger partial charge in [-0.05, 0) is 113 Å². The van der Waals surface area contributed by atoms with Crippen molar-refractivity contribution in [3.05, 3.63) is 246 Å². The number of hydrogen-bond donors (Lipinski definition) is 0. The Labute approximate surface area is 372 Å². The summed E-state index contributed by atoms with van der Waals surface area (Å²) in [6, 6.07) is 78.8. The van der Waals surface area contributed by atoms with Gasteiger partial charge in [0.15, 0.2) is 5.58 Å². The van der Waals surface area contributed by atoms with E-state index < -0.39 is 5.41 Å². The SMILES string of the molecule is CC1(C)c2ccccc2-c2ccc(N(c3cccc4c3-c3ccccc3C43c4ccccc4-c4ccccc43)c3cccc4c3oc3cc(-c5ccccc5)c5ccccc5c34)cc21. The van der Waals surface area contributed by atoms with Gasteiger partial charge >= 0.3 is 0 Å². The van der Waals surface area contributed by atoms with Crippen LogP contribution in [0.3, 0.4) is 0 Å². The van der Waals surface area contributed by atoms with Gasteiger partial charge in [-0.1, -0.05) is 196 Å². The first kappa shape index (κ1) is 35.6. The number of rotatable bonds is 4. The summed E-state index contributed by atoms with van der Waals surface area (Å²) in [4.78, 5) is 2.51. The first-order chi connectivity index (χ1) is 31.5. The molecule has 1 spiro atoms. The normalized spacial score (nSPS) is 14.3. The molecule has 11 aromatic rings. The molecule has 0 radical (unpaired) electrons. The average Bonchev–Trinajstić information content (AvgIpc) is 4.04. The molecule has 300 valence electrons. The van der Waals surface area contributed by atoms with E-state index in [1.807, 2.05) is 0 Å². The van der Waals surface area contributed by atoms with E-state index in [2.05, 4.69) is 231 Å². The van der Waals surface area contributed by atoms with E-state index in [1.165, 1.54) is 88.7 Å². The molecule has 0 fully saturated rings. The van der Waals surface area contributed by atoms with Crippen molar-refractivity contribution in [2.45, 2.75) is 24.7 Å². The largest absolute Gasteiger partial charge is 0.454 e. The van der Waals surface area contributed by atoms with Gasteiger partial charge in [-0.3, -0.25) is 0 Å². The molecule has 0 bridgehead atoms. The fourth-order valence-electron chi connectivity index (χ4n) is 12.2. The third-order valence-corrected chi connectivity index (χ3v) is 14.9. The van der Waals surface area contributed by atoms with Crippen LogP contribution in [-0.2, 0) is 10.8 Å². The lowest BCUT2D eigenvalue weighted by atomic mass is 9.70. The fourth-order valence-corrected chi connectivity index (χ4v) is 12.2. The summed E-state index contributed by atoms with van der Waals surface area (Å²) in [7, 11) is 0. The van der Waals surface area contributed by atoms with Crippen LogP contribution in [-0.4, -0.2) is 0 Å². The molecule has 0 N–H and O–H groups in total. The predicted molar refractivity (Wildman–Crippen MR) is 265 cm³/mol. The van der Waals surface area contributed by atoms with E-state index >= 15 is 0 Å². The smallest absolute Gasteiger partial charge is 0.159 e. The van der Waals surface area contributed by atoms with Crippen LogP contribution in [0.15, 0.2) is 217 Å². The van der Waals surface area contributed by atoms with Crippen LogP contribution in [0.5, 0.6) is 0 Å². The number of para-hydroxylation sites is 1. The van der Waals surface area contributed by atoms with E-state index in [0.717, 1.165) is 39.0 Å². The Morgan fingerprint density at radius 1 is 0.375 bits per heavy atom. The second kappa shape index (κ2) is 12.8. The minimum atomic E-state index is -0.472. The fraction of sp³-hybridized carbons (Fsp3) is 0.0645. The summed E-state index contributed by atoms with van der Waals surface area (Å²) in [6.45, 7) is 4.74. The molecule has 1 aromatic heterocycles. The molecule has 2 nitrogen and oxygen atoms in total. The van der Waals surface area contributed by atoms with Crippen LogP contribution in [0, 0.1) is 0 Å². The van der Waals surface area contributed by atoms with Crippen LogP contribution >= 0.6 is 0 Å². The van der Waals surface area contributed by atoms with Crippen molar-refractivity contribution in [2.75, 3.05) is 4.90 Å². The van der Waals surface area contributed by atoms with Gasteiger partial charge in [0.1, 0.15) is 5.58 Å². The zero-order valence-electron chi connectivity index (χ0n) is 35.6. The molecule has 1 heterocycles. The molecule has 0 aliphatic heterocycles. The number of fused-ring (bicyclic) bond motifs is 18. The second-order valence-corrected chi connectivity index (χ2v) is 18.3. The van der Waals surface area contributed by atoms with Gasteiger partial charge in [-0.15, -0.1) is 0 Å². The summed E-state index contributed by atoms with van der Waals surface area (Å²) in [5.74, 6) is 0. The number of benzene rings is 10. The van der Waals surface area contributed by atoms with Crippen LogP contribution < -0.4 is 4.90 Å². The lowest BCUT2D eigenvalue weighted by Crippen LogP contribution is -2.26. The minimum Gasteiger partial charge on any atom is -0.454 e. The Bertz CT molecular complexity index is 3730. The van der Waals surface area contributed by atoms with Gasteiger partial charge < -0.3 is 9.32 Å². The molecular formula is C62H41NO. The number of furan rings is 1. The molecule has 3 aliphatic rings. The first-order valence-corrected chi connectivity index (χ1v) is 22.4. The minimum absolute atomic E-state index is 0.182. The molecule has 10 aromatic carbocycles. The molecule has 0 atom stereocenters. The molecular weight excluding hydrogens is 775 g/mol. The van der Waals surface area contributed by atoms with E-state index in [4.69, 9.17) is 4.42 Å². The van der Waals surface area contributed by atoms with Gasteiger partial charge in [0.2, 0.25) is 0 Å². The molecule has 14 rings (SSSR count). The van der Waals surface area contributed by atoms with E-state index in [9.17, 15) is 0 Å². The third kappa shape index (κ3) is 4.49. The molecule has 0 unspecified atom stereocenters. The summed E-state index contributed by atoms with van der Waals surface area (Å²) in [5, 5.41) is 4.64. The molecule has 0 amide bonds. The Kier molecular flexibility index (Phi) is 7.13. The van der Waals surface area contributed by atoms with Crippen molar-refractivity contribution in [1.29, 1.82) is 0 Å². The quantitative estimate of drug-likeness (QED) is 0.176. The van der Waals surface area contributed by atoms with Crippen LogP contribution in [0.25, 0.3) is 77.2 Å². The molecule has 2 heteroatoms. The molecule has 64 heavy (non-hydrogen) atoms. The molecule has 0 saturated carbocycles. The number of hydrogen-bond acceptors (Lipinski definition) is 2. The van der Waals surface area contributed by atoms with Gasteiger partial charge in [0, 0.05) is 27.4 Å². The van der Waals surface area contributed by atoms with Crippen molar-refractivity contribution < 1.29 is 4.42 Å². The maximum Gasteiger partial charge on any atom is 0.159 e. The van der Waals surface area contributed by atoms with E-state index in [-0.39, 0.29) is 5.41 Å². The monoisotopic (exact) mass is 815 g/mol. The summed E-state index contributed by atoms with van der Waals surface area (Å²) in [5.41, 5.74) is 22.4. The van der Waals surface area contributed by atoms with E-state index in [0.29, 0.717) is 0 Å². The van der Waals surface area contributed by atoms with Crippen molar-refractivity contribution >= 4 is 49.8 Å². The van der Waals surface area contributed by atoms with Gasteiger partial charge in [-0.25, -0.2) is 0 Å². The van der Waals surface area contributed by atoms with Crippen LogP contribution in [0.2, 0.25) is 0 Å². The topological polar surface area (TPSA) is 16.4 Å². The Balaban J connectivity index is 1.09. The first-order valence-electron chi connectivity index (χ1n) is 22.4. The lowest BCUT2D eigenvalue weighted by Gasteiger charge is -2.32. The zero-order chi connectivity index (χ0) is 42.3. The Hall–Kier alpha value is -7.94. The molecule has 3 aliphatic carbocycles. The van der Waals surface area contributed by atoms with Crippen molar-refractivity contribution in [3.63, 3.8) is 0 Å². The van der Waals surface area contributed by atoms with Crippen molar-refractivity contribution in [1.82, 2.24) is 0 Å². The highest BCUT2D eigenvalue weighted by molar-refractivity contribution is 6.24. The van der Waals surface area contributed by atoms with Gasteiger partial charge in [0.25, 0.3) is 0 Å². The summed E-state index contributed by atoms with van der Waals surface area (Å²) < 4.78 is 7.30. The van der Waals surface area contributed by atoms with Crippen molar-refractivity contribution in [2.24, 2.45) is 0 Å². The highest BCUT2D eigenvalue weighted by Gasteiger charge is 2.52. The van der Waals surface area contributed by atoms with E-state index in [1.54, 1.807) is 0 Å². The number of anilines is 3. The zero-order valence-corrected chi connectivity index (χ0v) is 35.6. The third-order valence-electron chi connectivity index (χ3n) is 14.9. The Morgan fingerprint density at radius 3 is 1.64 bits per heavy atom. The Morgan fingerprint density at radius 2 is 0.906 bits per heavy atom. The number of nitrogens with zero attached hydrogens (tertiary/aromatic N) is 1. The average molecular weight is 816 g/mol. The highest BCUT2D eigenvalue weighted by atomic mass is 16.3. The maximum atomic E-state index is 7.30. The maximum absolute atomic E-state index is 7.30. The van der Waals surface area contributed by atoms with Gasteiger partial charge in [0.05, 0.1) is 16.8 Å². The van der Waals surface area contributed by atoms with Gasteiger partial charge in [-0.2, -0.15) is 0 Å². The van der Waals surface area contributed by atoms with Crippen LogP contribution in [0.4, 0.5) is 17.1 Å². The predicted octanol–water partition coefficient (Wildman–Crippen LogP) is 16.5. The molecule has 0 saturated heterocycles. The summed E-state index contributed by atoms with van der Waals surface area (Å²) in [6.07, 6.45) is 0. The lowest BCUT2D eigenvalue weighted by molar-refractivity contribution is 0.660. The summed E-state index contributed by atoms with van der Waals surface area (Å²) >= 11 is 0. The standard InChI is InChI=1S/C62H41NO/c1-61(2)49-27-12-8-21-41(49)44-35-34-39(36-54(44)61)63(56-33-16-26-47-58-45-24-7-6-20-40(45)48(37-57(58)64-60(47)56)38-18-4-3-5-19-38)55-32-17-31-53-59(55)46-25-11-15-30-52(46)62(53)50-28-13-9-22-42(50)43-23-10-14-29-51(43)62/h3-37H,1-2H3. The highest BCUT2D eigenvalue weighted by Crippen LogP contribution is 2.65. The second-order valence-electron chi connectivity index (χ2n) is 18.3. The van der Waals surface area contributed by atoms with Crippen molar-refractivity contribution in [3.8, 4) is 44.5 Å².